The van der Waals surface area contributed by atoms with Crippen LogP contribution in [0, 0.1) is 5.92 Å². The summed E-state index contributed by atoms with van der Waals surface area (Å²) >= 11 is 0. The summed E-state index contributed by atoms with van der Waals surface area (Å²) < 4.78 is 0. The third kappa shape index (κ3) is 5.84. The lowest BCUT2D eigenvalue weighted by atomic mass is 9.99. The lowest BCUT2D eigenvalue weighted by Gasteiger charge is -2.28. The smallest absolute Gasteiger partial charge is 0.0220 e. The summed E-state index contributed by atoms with van der Waals surface area (Å²) in [5.41, 5.74) is 0. The molecule has 0 aromatic rings. The molecule has 17 heavy (non-hydrogen) atoms. The second-order valence-corrected chi connectivity index (χ2v) is 5.76. The minimum absolute atomic E-state index is 0.696. The van der Waals surface area contributed by atoms with E-state index in [0.29, 0.717) is 6.04 Å². The molecule has 2 unspecified atom stereocenters. The Balaban J connectivity index is 2.32. The molecule has 1 fully saturated rings. The fourth-order valence-corrected chi connectivity index (χ4v) is 2.50. The maximum absolute atomic E-state index is 3.71. The summed E-state index contributed by atoms with van der Waals surface area (Å²) in [5, 5.41) is 3.71. The average Bonchev–Trinajstić information content (AvgIpc) is 2.53. The van der Waals surface area contributed by atoms with Gasteiger partial charge in [0.15, 0.2) is 0 Å². The SMILES string of the molecule is CCC(C)C1CN(CCCN(C)C)CCCN1. The van der Waals surface area contributed by atoms with E-state index in [4.69, 9.17) is 0 Å². The highest BCUT2D eigenvalue weighted by atomic mass is 15.2. The summed E-state index contributed by atoms with van der Waals surface area (Å²) in [5.74, 6) is 0.796. The van der Waals surface area contributed by atoms with Gasteiger partial charge in [-0.25, -0.2) is 0 Å². The van der Waals surface area contributed by atoms with Gasteiger partial charge in [-0.1, -0.05) is 20.3 Å². The van der Waals surface area contributed by atoms with E-state index in [-0.39, 0.29) is 0 Å². The van der Waals surface area contributed by atoms with E-state index in [1.54, 1.807) is 0 Å². The fraction of sp³-hybridized carbons (Fsp3) is 1.00. The van der Waals surface area contributed by atoms with Crippen LogP contribution in [0.15, 0.2) is 0 Å². The van der Waals surface area contributed by atoms with Gasteiger partial charge in [0.05, 0.1) is 0 Å². The number of rotatable bonds is 6. The zero-order chi connectivity index (χ0) is 12.7. The summed E-state index contributed by atoms with van der Waals surface area (Å²) in [4.78, 5) is 4.93. The first-order valence-corrected chi connectivity index (χ1v) is 7.24. The largest absolute Gasteiger partial charge is 0.312 e. The quantitative estimate of drug-likeness (QED) is 0.763. The molecule has 3 nitrogen and oxygen atoms in total. The van der Waals surface area contributed by atoms with Gasteiger partial charge in [0.25, 0.3) is 0 Å². The second-order valence-electron chi connectivity index (χ2n) is 5.76. The summed E-state index contributed by atoms with van der Waals surface area (Å²) in [6.45, 7) is 10.8. The number of hydrogen-bond donors (Lipinski definition) is 1. The van der Waals surface area contributed by atoms with Crippen LogP contribution in [-0.4, -0.2) is 62.7 Å². The van der Waals surface area contributed by atoms with Crippen LogP contribution in [0.4, 0.5) is 0 Å². The zero-order valence-corrected chi connectivity index (χ0v) is 12.2. The van der Waals surface area contributed by atoms with E-state index in [1.807, 2.05) is 0 Å². The van der Waals surface area contributed by atoms with Crippen molar-refractivity contribution in [1.82, 2.24) is 15.1 Å². The van der Waals surface area contributed by atoms with Gasteiger partial charge in [-0.2, -0.15) is 0 Å². The normalized spacial score (nSPS) is 24.9. The molecule has 0 spiro atoms. The molecule has 2 atom stereocenters. The van der Waals surface area contributed by atoms with E-state index in [1.165, 1.54) is 52.0 Å². The van der Waals surface area contributed by atoms with Gasteiger partial charge in [-0.3, -0.25) is 0 Å². The Kier molecular flexibility index (Phi) is 7.09. The third-order valence-electron chi connectivity index (χ3n) is 3.92. The van der Waals surface area contributed by atoms with Crippen molar-refractivity contribution in [2.45, 2.75) is 39.2 Å². The Hall–Kier alpha value is -0.120. The first kappa shape index (κ1) is 14.9. The molecule has 1 saturated heterocycles. The molecule has 1 N–H and O–H groups in total. The average molecular weight is 241 g/mol. The maximum atomic E-state index is 3.71. The number of nitrogens with zero attached hydrogens (tertiary/aromatic N) is 2. The van der Waals surface area contributed by atoms with E-state index >= 15 is 0 Å². The Bertz CT molecular complexity index is 194. The molecule has 0 aliphatic carbocycles. The van der Waals surface area contributed by atoms with Crippen molar-refractivity contribution >= 4 is 0 Å². The van der Waals surface area contributed by atoms with Crippen LogP contribution < -0.4 is 5.32 Å². The van der Waals surface area contributed by atoms with E-state index < -0.39 is 0 Å². The minimum atomic E-state index is 0.696. The van der Waals surface area contributed by atoms with Crippen molar-refractivity contribution in [1.29, 1.82) is 0 Å². The van der Waals surface area contributed by atoms with Gasteiger partial charge in [-0.15, -0.1) is 0 Å². The Morgan fingerprint density at radius 2 is 2.18 bits per heavy atom. The lowest BCUT2D eigenvalue weighted by Crippen LogP contribution is -2.42. The van der Waals surface area contributed by atoms with Crippen LogP contribution in [0.3, 0.4) is 0 Å². The molecular formula is C14H31N3. The Labute approximate surface area is 108 Å². The minimum Gasteiger partial charge on any atom is -0.312 e. The maximum Gasteiger partial charge on any atom is 0.0220 e. The Morgan fingerprint density at radius 3 is 2.82 bits per heavy atom. The molecule has 1 aliphatic rings. The molecule has 0 amide bonds. The molecule has 0 aromatic carbocycles. The molecule has 102 valence electrons. The van der Waals surface area contributed by atoms with Gasteiger partial charge in [0.2, 0.25) is 0 Å². The first-order valence-electron chi connectivity index (χ1n) is 7.24. The van der Waals surface area contributed by atoms with Crippen molar-refractivity contribution in [2.24, 2.45) is 5.92 Å². The van der Waals surface area contributed by atoms with E-state index in [0.717, 1.165) is 5.92 Å². The van der Waals surface area contributed by atoms with Gasteiger partial charge < -0.3 is 15.1 Å². The standard InChI is InChI=1S/C14H31N3/c1-5-13(2)14-12-17(10-6-8-15-14)11-7-9-16(3)4/h13-15H,5-12H2,1-4H3. The van der Waals surface area contributed by atoms with E-state index in [2.05, 4.69) is 43.1 Å². The van der Waals surface area contributed by atoms with Gasteiger partial charge in [-0.05, 0) is 59.0 Å². The van der Waals surface area contributed by atoms with Crippen LogP contribution in [0.1, 0.15) is 33.1 Å². The summed E-state index contributed by atoms with van der Waals surface area (Å²) in [7, 11) is 4.32. The van der Waals surface area contributed by atoms with Crippen LogP contribution in [0.5, 0.6) is 0 Å². The highest BCUT2D eigenvalue weighted by Crippen LogP contribution is 2.12. The van der Waals surface area contributed by atoms with E-state index in [9.17, 15) is 0 Å². The number of nitrogens with one attached hydrogen (secondary N) is 1. The predicted molar refractivity (Wildman–Crippen MR) is 75.5 cm³/mol. The van der Waals surface area contributed by atoms with Gasteiger partial charge in [0, 0.05) is 12.6 Å². The zero-order valence-electron chi connectivity index (χ0n) is 12.2. The molecule has 0 aromatic heterocycles. The van der Waals surface area contributed by atoms with Crippen LogP contribution in [-0.2, 0) is 0 Å². The second kappa shape index (κ2) is 8.06. The van der Waals surface area contributed by atoms with Crippen LogP contribution in [0.2, 0.25) is 0 Å². The highest BCUT2D eigenvalue weighted by Gasteiger charge is 2.21. The summed E-state index contributed by atoms with van der Waals surface area (Å²) in [6.07, 6.45) is 3.87. The lowest BCUT2D eigenvalue weighted by molar-refractivity contribution is 0.227. The molecule has 1 aliphatic heterocycles. The third-order valence-corrected chi connectivity index (χ3v) is 3.92. The highest BCUT2D eigenvalue weighted by molar-refractivity contribution is 4.80. The predicted octanol–water partition coefficient (Wildman–Crippen LogP) is 1.65. The van der Waals surface area contributed by atoms with Crippen LogP contribution in [0.25, 0.3) is 0 Å². The molecule has 0 saturated carbocycles. The molecule has 0 radical (unpaired) electrons. The molecule has 1 rings (SSSR count). The summed E-state index contributed by atoms with van der Waals surface area (Å²) in [6, 6.07) is 0.696. The van der Waals surface area contributed by atoms with Crippen molar-refractivity contribution in [3.63, 3.8) is 0 Å². The molecule has 0 bridgehead atoms. The van der Waals surface area contributed by atoms with Gasteiger partial charge >= 0.3 is 0 Å². The van der Waals surface area contributed by atoms with Crippen LogP contribution >= 0.6 is 0 Å². The Morgan fingerprint density at radius 1 is 1.41 bits per heavy atom. The van der Waals surface area contributed by atoms with Crippen molar-refractivity contribution < 1.29 is 0 Å². The molecule has 3 heteroatoms. The molecule has 1 heterocycles. The first-order chi connectivity index (χ1) is 8.13. The van der Waals surface area contributed by atoms with Crippen molar-refractivity contribution in [3.8, 4) is 0 Å². The van der Waals surface area contributed by atoms with Crippen molar-refractivity contribution in [3.05, 3.63) is 0 Å². The fourth-order valence-electron chi connectivity index (χ4n) is 2.50. The van der Waals surface area contributed by atoms with Crippen molar-refractivity contribution in [2.75, 3.05) is 46.8 Å². The van der Waals surface area contributed by atoms with Gasteiger partial charge in [0.1, 0.15) is 0 Å². The number of hydrogen-bond acceptors (Lipinski definition) is 3. The monoisotopic (exact) mass is 241 g/mol. The molecular weight excluding hydrogens is 210 g/mol. The topological polar surface area (TPSA) is 18.5 Å².